The Hall–Kier alpha value is -2.07. The topological polar surface area (TPSA) is 32.7 Å². The van der Waals surface area contributed by atoms with Gasteiger partial charge in [0, 0.05) is 0 Å². The first kappa shape index (κ1) is 12.9. The standard InChI is InChI=1S/C16H14N2OS/c19-15-12-20-16(14-9-5-2-6-10-14)18(15)17-11-13-7-3-1-4-8-13/h1-11,16H,12H2/b17-11+. The molecule has 0 bridgehead atoms. The molecule has 1 amide bonds. The smallest absolute Gasteiger partial charge is 0.254 e. The normalized spacial score (nSPS) is 18.9. The maximum atomic E-state index is 12.0. The third-order valence-corrected chi connectivity index (χ3v) is 4.26. The van der Waals surface area contributed by atoms with Gasteiger partial charge in [0.05, 0.1) is 12.0 Å². The molecule has 0 saturated carbocycles. The average Bonchev–Trinajstić information content (AvgIpc) is 2.88. The van der Waals surface area contributed by atoms with Crippen LogP contribution >= 0.6 is 11.8 Å². The van der Waals surface area contributed by atoms with Crippen LogP contribution in [0.25, 0.3) is 0 Å². The second-order valence-electron chi connectivity index (χ2n) is 4.47. The number of amides is 1. The Labute approximate surface area is 122 Å². The molecule has 20 heavy (non-hydrogen) atoms. The summed E-state index contributed by atoms with van der Waals surface area (Å²) in [5.41, 5.74) is 2.09. The molecule has 3 rings (SSSR count). The Morgan fingerprint density at radius 3 is 2.40 bits per heavy atom. The number of rotatable bonds is 3. The zero-order chi connectivity index (χ0) is 13.8. The Morgan fingerprint density at radius 1 is 1.05 bits per heavy atom. The molecule has 1 saturated heterocycles. The minimum atomic E-state index is -0.0244. The lowest BCUT2D eigenvalue weighted by atomic mass is 10.2. The van der Waals surface area contributed by atoms with Crippen LogP contribution < -0.4 is 0 Å². The molecule has 0 spiro atoms. The summed E-state index contributed by atoms with van der Waals surface area (Å²) in [7, 11) is 0. The van der Waals surface area contributed by atoms with Gasteiger partial charge in [0.25, 0.3) is 5.91 Å². The molecule has 100 valence electrons. The van der Waals surface area contributed by atoms with E-state index in [-0.39, 0.29) is 11.3 Å². The van der Waals surface area contributed by atoms with Gasteiger partial charge in [-0.3, -0.25) is 4.79 Å². The fourth-order valence-corrected chi connectivity index (χ4v) is 3.16. The van der Waals surface area contributed by atoms with E-state index in [4.69, 9.17) is 0 Å². The molecule has 2 aromatic rings. The summed E-state index contributed by atoms with van der Waals surface area (Å²) < 4.78 is 0. The highest BCUT2D eigenvalue weighted by Gasteiger charge is 2.32. The molecule has 1 heterocycles. The van der Waals surface area contributed by atoms with Gasteiger partial charge in [-0.1, -0.05) is 60.7 Å². The second-order valence-corrected chi connectivity index (χ2v) is 5.54. The number of nitrogens with zero attached hydrogens (tertiary/aromatic N) is 2. The largest absolute Gasteiger partial charge is 0.272 e. The third-order valence-electron chi connectivity index (χ3n) is 3.06. The lowest BCUT2D eigenvalue weighted by molar-refractivity contribution is -0.128. The predicted octanol–water partition coefficient (Wildman–Crippen LogP) is 3.29. The van der Waals surface area contributed by atoms with E-state index in [9.17, 15) is 4.79 Å². The van der Waals surface area contributed by atoms with Crippen LogP contribution in [0, 0.1) is 0 Å². The molecule has 0 N–H and O–H groups in total. The fourth-order valence-electron chi connectivity index (χ4n) is 2.07. The van der Waals surface area contributed by atoms with E-state index in [1.807, 2.05) is 60.7 Å². The number of carbonyl (C=O) groups excluding carboxylic acids is 1. The van der Waals surface area contributed by atoms with E-state index in [0.717, 1.165) is 11.1 Å². The van der Waals surface area contributed by atoms with Crippen LogP contribution in [0.5, 0.6) is 0 Å². The number of thioether (sulfide) groups is 1. The van der Waals surface area contributed by atoms with Crippen LogP contribution in [0.2, 0.25) is 0 Å². The summed E-state index contributed by atoms with van der Waals surface area (Å²) in [6.07, 6.45) is 1.74. The molecule has 2 aromatic carbocycles. The number of hydrogen-bond acceptors (Lipinski definition) is 3. The number of hydrogen-bond donors (Lipinski definition) is 0. The maximum absolute atomic E-state index is 12.0. The Morgan fingerprint density at radius 2 is 1.70 bits per heavy atom. The van der Waals surface area contributed by atoms with Crippen LogP contribution in [0.1, 0.15) is 16.5 Å². The van der Waals surface area contributed by atoms with Crippen LogP contribution in [0.4, 0.5) is 0 Å². The lowest BCUT2D eigenvalue weighted by Crippen LogP contribution is -2.22. The zero-order valence-electron chi connectivity index (χ0n) is 10.8. The molecule has 1 atom stereocenters. The van der Waals surface area contributed by atoms with Crippen molar-refractivity contribution in [1.82, 2.24) is 5.01 Å². The number of carbonyl (C=O) groups is 1. The van der Waals surface area contributed by atoms with E-state index >= 15 is 0 Å². The molecule has 0 aliphatic carbocycles. The van der Waals surface area contributed by atoms with Crippen molar-refractivity contribution >= 4 is 23.9 Å². The van der Waals surface area contributed by atoms with Gasteiger partial charge >= 0.3 is 0 Å². The van der Waals surface area contributed by atoms with Crippen molar-refractivity contribution in [3.63, 3.8) is 0 Å². The van der Waals surface area contributed by atoms with Crippen molar-refractivity contribution in [1.29, 1.82) is 0 Å². The Kier molecular flexibility index (Phi) is 3.83. The summed E-state index contributed by atoms with van der Waals surface area (Å²) >= 11 is 1.61. The summed E-state index contributed by atoms with van der Waals surface area (Å²) in [5.74, 6) is 0.530. The van der Waals surface area contributed by atoms with Crippen molar-refractivity contribution in [3.8, 4) is 0 Å². The van der Waals surface area contributed by atoms with Crippen molar-refractivity contribution < 1.29 is 4.79 Å². The maximum Gasteiger partial charge on any atom is 0.254 e. The molecular weight excluding hydrogens is 268 g/mol. The van der Waals surface area contributed by atoms with Crippen molar-refractivity contribution in [2.75, 3.05) is 5.75 Å². The molecule has 1 aliphatic heterocycles. The first-order valence-electron chi connectivity index (χ1n) is 6.42. The van der Waals surface area contributed by atoms with Crippen LogP contribution in [-0.2, 0) is 4.79 Å². The van der Waals surface area contributed by atoms with Gasteiger partial charge in [0.1, 0.15) is 5.37 Å². The summed E-state index contributed by atoms with van der Waals surface area (Å²) in [6.45, 7) is 0. The van der Waals surface area contributed by atoms with Gasteiger partial charge in [-0.05, 0) is 11.1 Å². The monoisotopic (exact) mass is 282 g/mol. The van der Waals surface area contributed by atoms with Gasteiger partial charge in [0.15, 0.2) is 0 Å². The van der Waals surface area contributed by atoms with E-state index in [1.54, 1.807) is 23.0 Å². The summed E-state index contributed by atoms with van der Waals surface area (Å²) in [5, 5.41) is 5.92. The molecule has 1 aliphatic rings. The lowest BCUT2D eigenvalue weighted by Gasteiger charge is -2.18. The molecule has 3 nitrogen and oxygen atoms in total. The molecule has 1 unspecified atom stereocenters. The highest BCUT2D eigenvalue weighted by Crippen LogP contribution is 2.38. The van der Waals surface area contributed by atoms with E-state index < -0.39 is 0 Å². The SMILES string of the molecule is O=C1CSC(c2ccccc2)N1/N=C/c1ccccc1. The van der Waals surface area contributed by atoms with Crippen molar-refractivity contribution in [3.05, 3.63) is 71.8 Å². The van der Waals surface area contributed by atoms with Gasteiger partial charge in [-0.15, -0.1) is 11.8 Å². The number of benzene rings is 2. The second kappa shape index (κ2) is 5.92. The molecular formula is C16H14N2OS. The molecule has 0 radical (unpaired) electrons. The van der Waals surface area contributed by atoms with E-state index in [1.165, 1.54) is 0 Å². The molecule has 0 aromatic heterocycles. The van der Waals surface area contributed by atoms with Gasteiger partial charge in [-0.2, -0.15) is 5.10 Å². The zero-order valence-corrected chi connectivity index (χ0v) is 11.7. The van der Waals surface area contributed by atoms with E-state index in [2.05, 4.69) is 5.10 Å². The highest BCUT2D eigenvalue weighted by molar-refractivity contribution is 8.00. The van der Waals surface area contributed by atoms with E-state index in [0.29, 0.717) is 5.75 Å². The quantitative estimate of drug-likeness (QED) is 0.809. The summed E-state index contributed by atoms with van der Waals surface area (Å²) in [4.78, 5) is 12.0. The van der Waals surface area contributed by atoms with Crippen molar-refractivity contribution in [2.24, 2.45) is 5.10 Å². The Balaban J connectivity index is 1.83. The minimum absolute atomic E-state index is 0.0244. The van der Waals surface area contributed by atoms with Gasteiger partial charge in [-0.25, -0.2) is 5.01 Å². The molecule has 1 fully saturated rings. The van der Waals surface area contributed by atoms with Crippen molar-refractivity contribution in [2.45, 2.75) is 5.37 Å². The first-order valence-corrected chi connectivity index (χ1v) is 7.47. The van der Waals surface area contributed by atoms with Crippen LogP contribution in [0.15, 0.2) is 65.8 Å². The summed E-state index contributed by atoms with van der Waals surface area (Å²) in [6, 6.07) is 19.8. The Bertz CT molecular complexity index is 613. The predicted molar refractivity (Wildman–Crippen MR) is 82.5 cm³/mol. The average molecular weight is 282 g/mol. The highest BCUT2D eigenvalue weighted by atomic mass is 32.2. The van der Waals surface area contributed by atoms with Crippen LogP contribution in [-0.4, -0.2) is 22.9 Å². The minimum Gasteiger partial charge on any atom is -0.272 e. The third kappa shape index (κ3) is 2.75. The molecule has 4 heteroatoms. The van der Waals surface area contributed by atoms with Crippen LogP contribution in [0.3, 0.4) is 0 Å². The number of hydrazone groups is 1. The van der Waals surface area contributed by atoms with Gasteiger partial charge in [0.2, 0.25) is 0 Å². The fraction of sp³-hybridized carbons (Fsp3) is 0.125. The van der Waals surface area contributed by atoms with Gasteiger partial charge < -0.3 is 0 Å². The first-order chi connectivity index (χ1) is 9.84.